The number of carbonyl (C=O) groups is 1. The first-order valence-corrected chi connectivity index (χ1v) is 4.35. The Hall–Kier alpha value is -2.11. The predicted molar refractivity (Wildman–Crippen MR) is 51.8 cm³/mol. The lowest BCUT2D eigenvalue weighted by atomic mass is 10.5. The van der Waals surface area contributed by atoms with Crippen molar-refractivity contribution in [3.8, 4) is 0 Å². The Kier molecular flexibility index (Phi) is 2.03. The van der Waals surface area contributed by atoms with E-state index in [0.717, 1.165) is 10.4 Å². The highest BCUT2D eigenvalue weighted by molar-refractivity contribution is 5.66. The summed E-state index contributed by atoms with van der Waals surface area (Å²) in [4.78, 5) is 22.2. The summed E-state index contributed by atoms with van der Waals surface area (Å²) in [5.74, 6) is -1.09. The number of carboxylic acid groups (broad SMARTS) is 1. The molecule has 0 aliphatic carbocycles. The van der Waals surface area contributed by atoms with Crippen LogP contribution in [0, 0.1) is 6.92 Å². The summed E-state index contributed by atoms with van der Waals surface area (Å²) in [5.41, 5.74) is 0.994. The normalized spacial score (nSPS) is 10.7. The third-order valence-corrected chi connectivity index (χ3v) is 2.13. The molecule has 0 atom stereocenters. The molecule has 0 aliphatic heterocycles. The van der Waals surface area contributed by atoms with Gasteiger partial charge in [0.15, 0.2) is 0 Å². The van der Waals surface area contributed by atoms with Crippen LogP contribution in [0.1, 0.15) is 5.69 Å². The standard InChI is InChI=1S/C9H9N3O3/c1-6-2-3-7-4-10-11(5-8(13)14)9(15)12(6)7/h2-4H,5H2,1H3,(H,13,14). The van der Waals surface area contributed by atoms with Crippen molar-refractivity contribution in [2.75, 3.05) is 0 Å². The lowest BCUT2D eigenvalue weighted by molar-refractivity contribution is -0.138. The first kappa shape index (κ1) is 9.45. The first-order chi connectivity index (χ1) is 7.09. The van der Waals surface area contributed by atoms with E-state index in [-0.39, 0.29) is 0 Å². The molecule has 1 N–H and O–H groups in total. The van der Waals surface area contributed by atoms with Crippen LogP contribution in [0.4, 0.5) is 0 Å². The average Bonchev–Trinajstić information content (AvgIpc) is 2.53. The number of nitrogens with zero attached hydrogens (tertiary/aromatic N) is 3. The zero-order chi connectivity index (χ0) is 11.0. The lowest BCUT2D eigenvalue weighted by Crippen LogP contribution is -2.31. The maximum Gasteiger partial charge on any atom is 0.349 e. The van der Waals surface area contributed by atoms with E-state index in [1.54, 1.807) is 19.1 Å². The van der Waals surface area contributed by atoms with Gasteiger partial charge >= 0.3 is 11.7 Å². The SMILES string of the molecule is Cc1ccc2cnn(CC(=O)O)c(=O)n12. The summed E-state index contributed by atoms with van der Waals surface area (Å²) in [7, 11) is 0. The smallest absolute Gasteiger partial charge is 0.349 e. The highest BCUT2D eigenvalue weighted by Gasteiger charge is 2.07. The van der Waals surface area contributed by atoms with Gasteiger partial charge in [-0.3, -0.25) is 9.20 Å². The molecule has 0 amide bonds. The molecule has 0 fully saturated rings. The summed E-state index contributed by atoms with van der Waals surface area (Å²) in [6, 6.07) is 3.54. The van der Waals surface area contributed by atoms with Crippen molar-refractivity contribution in [1.82, 2.24) is 14.2 Å². The predicted octanol–water partition coefficient (Wildman–Crippen LogP) is -0.111. The third kappa shape index (κ3) is 1.50. The number of hydrogen-bond donors (Lipinski definition) is 1. The van der Waals surface area contributed by atoms with E-state index in [9.17, 15) is 9.59 Å². The monoisotopic (exact) mass is 207 g/mol. The highest BCUT2D eigenvalue weighted by Crippen LogP contribution is 2.03. The Morgan fingerprint density at radius 1 is 1.53 bits per heavy atom. The van der Waals surface area contributed by atoms with Gasteiger partial charge in [-0.2, -0.15) is 5.10 Å². The molecule has 0 saturated heterocycles. The van der Waals surface area contributed by atoms with Crippen molar-refractivity contribution < 1.29 is 9.90 Å². The van der Waals surface area contributed by atoms with Crippen molar-refractivity contribution in [3.05, 3.63) is 34.5 Å². The van der Waals surface area contributed by atoms with Crippen molar-refractivity contribution >= 4 is 11.5 Å². The average molecular weight is 207 g/mol. The van der Waals surface area contributed by atoms with E-state index in [1.807, 2.05) is 0 Å². The Balaban J connectivity index is 2.69. The molecule has 0 unspecified atom stereocenters. The number of aliphatic carboxylic acids is 1. The number of rotatable bonds is 2. The molecule has 6 nitrogen and oxygen atoms in total. The molecule has 2 aromatic rings. The number of aryl methyl sites for hydroxylation is 1. The van der Waals surface area contributed by atoms with Crippen LogP contribution in [0.2, 0.25) is 0 Å². The van der Waals surface area contributed by atoms with E-state index in [4.69, 9.17) is 5.11 Å². The van der Waals surface area contributed by atoms with Gasteiger partial charge in [0.2, 0.25) is 0 Å². The molecule has 2 heterocycles. The Morgan fingerprint density at radius 3 is 2.93 bits per heavy atom. The molecule has 0 spiro atoms. The van der Waals surface area contributed by atoms with Gasteiger partial charge in [0.1, 0.15) is 6.54 Å². The van der Waals surface area contributed by atoms with E-state index in [1.165, 1.54) is 10.6 Å². The molecule has 2 aromatic heterocycles. The van der Waals surface area contributed by atoms with Crippen LogP contribution in [0.5, 0.6) is 0 Å². The van der Waals surface area contributed by atoms with Gasteiger partial charge in [-0.15, -0.1) is 0 Å². The van der Waals surface area contributed by atoms with E-state index in [0.29, 0.717) is 5.52 Å². The Morgan fingerprint density at radius 2 is 2.27 bits per heavy atom. The van der Waals surface area contributed by atoms with Crippen molar-refractivity contribution in [2.24, 2.45) is 0 Å². The summed E-state index contributed by atoms with van der Waals surface area (Å²) in [5, 5.41) is 12.3. The molecule has 0 radical (unpaired) electrons. The van der Waals surface area contributed by atoms with Crippen LogP contribution in [0.25, 0.3) is 5.52 Å². The fraction of sp³-hybridized carbons (Fsp3) is 0.222. The number of aromatic nitrogens is 3. The fourth-order valence-electron chi connectivity index (χ4n) is 1.45. The first-order valence-electron chi connectivity index (χ1n) is 4.35. The van der Waals surface area contributed by atoms with E-state index >= 15 is 0 Å². The Bertz CT molecular complexity index is 582. The lowest BCUT2D eigenvalue weighted by Gasteiger charge is -2.02. The summed E-state index contributed by atoms with van der Waals surface area (Å²) in [6.45, 7) is 1.35. The zero-order valence-corrected chi connectivity index (χ0v) is 8.04. The molecule has 0 aliphatic rings. The molecular formula is C9H9N3O3. The quantitative estimate of drug-likeness (QED) is 0.745. The van der Waals surface area contributed by atoms with Crippen LogP contribution in [0.15, 0.2) is 23.1 Å². The van der Waals surface area contributed by atoms with Gasteiger partial charge in [0.05, 0.1) is 11.7 Å². The van der Waals surface area contributed by atoms with E-state index < -0.39 is 18.2 Å². The second-order valence-electron chi connectivity index (χ2n) is 3.21. The van der Waals surface area contributed by atoms with Crippen molar-refractivity contribution in [1.29, 1.82) is 0 Å². The van der Waals surface area contributed by atoms with Crippen LogP contribution in [-0.2, 0) is 11.3 Å². The van der Waals surface area contributed by atoms with Crippen LogP contribution in [-0.4, -0.2) is 25.3 Å². The van der Waals surface area contributed by atoms with Crippen molar-refractivity contribution in [3.63, 3.8) is 0 Å². The second-order valence-corrected chi connectivity index (χ2v) is 3.21. The van der Waals surface area contributed by atoms with E-state index in [2.05, 4.69) is 5.10 Å². The maximum absolute atomic E-state index is 11.7. The van der Waals surface area contributed by atoms with Gasteiger partial charge < -0.3 is 5.11 Å². The molecule has 78 valence electrons. The zero-order valence-electron chi connectivity index (χ0n) is 8.04. The van der Waals surface area contributed by atoms with Gasteiger partial charge in [-0.1, -0.05) is 0 Å². The van der Waals surface area contributed by atoms with Gasteiger partial charge in [-0.25, -0.2) is 9.48 Å². The Labute approximate surface area is 84.4 Å². The topological polar surface area (TPSA) is 76.6 Å². The van der Waals surface area contributed by atoms with Gasteiger partial charge in [-0.05, 0) is 19.1 Å². The third-order valence-electron chi connectivity index (χ3n) is 2.13. The molecule has 0 aromatic carbocycles. The van der Waals surface area contributed by atoms with Crippen LogP contribution < -0.4 is 5.69 Å². The minimum absolute atomic E-state index is 0.424. The van der Waals surface area contributed by atoms with Gasteiger partial charge in [0, 0.05) is 5.69 Å². The van der Waals surface area contributed by atoms with Gasteiger partial charge in [0.25, 0.3) is 0 Å². The second kappa shape index (κ2) is 3.23. The van der Waals surface area contributed by atoms with Crippen molar-refractivity contribution in [2.45, 2.75) is 13.5 Å². The van der Waals surface area contributed by atoms with Crippen LogP contribution >= 0.6 is 0 Å². The molecule has 0 saturated carbocycles. The minimum atomic E-state index is -1.09. The summed E-state index contributed by atoms with van der Waals surface area (Å²) < 4.78 is 2.35. The van der Waals surface area contributed by atoms with Crippen LogP contribution in [0.3, 0.4) is 0 Å². The molecule has 2 rings (SSSR count). The molecule has 6 heteroatoms. The number of fused-ring (bicyclic) bond motifs is 1. The number of hydrogen-bond acceptors (Lipinski definition) is 3. The largest absolute Gasteiger partial charge is 0.480 e. The minimum Gasteiger partial charge on any atom is -0.480 e. The maximum atomic E-state index is 11.7. The highest BCUT2D eigenvalue weighted by atomic mass is 16.4. The summed E-state index contributed by atoms with van der Waals surface area (Å²) in [6.07, 6.45) is 1.47. The summed E-state index contributed by atoms with van der Waals surface area (Å²) >= 11 is 0. The molecule has 15 heavy (non-hydrogen) atoms. The fourth-order valence-corrected chi connectivity index (χ4v) is 1.45. The number of carboxylic acids is 1. The molecule has 0 bridgehead atoms. The molecular weight excluding hydrogens is 198 g/mol.